The average Bonchev–Trinajstić information content (AvgIpc) is 2.68. The zero-order valence-electron chi connectivity index (χ0n) is 19.4. The summed E-state index contributed by atoms with van der Waals surface area (Å²) >= 11 is 0. The lowest BCUT2D eigenvalue weighted by molar-refractivity contribution is -0.191. The van der Waals surface area contributed by atoms with Crippen molar-refractivity contribution in [3.63, 3.8) is 0 Å². The fraction of sp³-hybridized carbons (Fsp3) is 0.800. The van der Waals surface area contributed by atoms with Crippen molar-refractivity contribution in [2.75, 3.05) is 0 Å². The second-order valence-corrected chi connectivity index (χ2v) is 9.64. The number of allylic oxidation sites excluding steroid dienone is 3. The monoisotopic (exact) mass is 422 g/mol. The summed E-state index contributed by atoms with van der Waals surface area (Å²) in [4.78, 5) is 12.2. The number of carbonyl (C=O) groups excluding carboxylic acids is 1. The fourth-order valence-electron chi connectivity index (χ4n) is 4.25. The van der Waals surface area contributed by atoms with Gasteiger partial charge in [-0.15, -0.1) is 0 Å². The molecule has 1 saturated heterocycles. The predicted octanol–water partition coefficient (Wildman–Crippen LogP) is 4.77. The van der Waals surface area contributed by atoms with E-state index < -0.39 is 12.4 Å². The van der Waals surface area contributed by atoms with Crippen LogP contribution in [0.3, 0.4) is 0 Å². The van der Waals surface area contributed by atoms with Gasteiger partial charge in [0.05, 0.1) is 18.1 Å². The summed E-state index contributed by atoms with van der Waals surface area (Å²) < 4.78 is 11.3. The zero-order chi connectivity index (χ0) is 22.3. The van der Waals surface area contributed by atoms with E-state index in [1.807, 2.05) is 13.8 Å². The van der Waals surface area contributed by atoms with Crippen LogP contribution < -0.4 is 0 Å². The molecule has 5 nitrogen and oxygen atoms in total. The largest absolute Gasteiger partial charge is 0.462 e. The second kappa shape index (κ2) is 12.0. The number of hydrogen-bond acceptors (Lipinski definition) is 5. The SMILES string of the molecule is CC[C@H](C)C(=O)O[C@@H]1CC(/C=C\[C@H](C)[C@@H](C)CC[C@@H]2C[C@@H](O)CC(O)O2)=C[C@H](C)C1. The molecule has 0 bridgehead atoms. The number of aliphatic hydroxyl groups is 2. The van der Waals surface area contributed by atoms with Crippen LogP contribution in [0.15, 0.2) is 23.8 Å². The van der Waals surface area contributed by atoms with Crippen molar-refractivity contribution in [1.82, 2.24) is 0 Å². The van der Waals surface area contributed by atoms with Gasteiger partial charge in [0.1, 0.15) is 6.10 Å². The molecule has 1 fully saturated rings. The van der Waals surface area contributed by atoms with Gasteiger partial charge in [0, 0.05) is 12.8 Å². The Kier molecular flexibility index (Phi) is 10.1. The lowest BCUT2D eigenvalue weighted by atomic mass is 9.86. The van der Waals surface area contributed by atoms with Crippen LogP contribution in [0.4, 0.5) is 0 Å². The highest BCUT2D eigenvalue weighted by molar-refractivity contribution is 5.72. The van der Waals surface area contributed by atoms with Crippen molar-refractivity contribution in [2.45, 2.75) is 104 Å². The van der Waals surface area contributed by atoms with E-state index in [2.05, 4.69) is 39.0 Å². The fourth-order valence-corrected chi connectivity index (χ4v) is 4.25. The quantitative estimate of drug-likeness (QED) is 0.524. The van der Waals surface area contributed by atoms with Crippen molar-refractivity contribution in [3.05, 3.63) is 23.8 Å². The molecule has 1 aliphatic heterocycles. The van der Waals surface area contributed by atoms with E-state index in [9.17, 15) is 15.0 Å². The maximum atomic E-state index is 12.2. The van der Waals surface area contributed by atoms with E-state index in [0.717, 1.165) is 32.1 Å². The number of esters is 1. The van der Waals surface area contributed by atoms with Crippen molar-refractivity contribution < 1.29 is 24.5 Å². The highest BCUT2D eigenvalue weighted by Gasteiger charge is 2.27. The van der Waals surface area contributed by atoms with E-state index in [-0.39, 0.29) is 24.1 Å². The first-order valence-corrected chi connectivity index (χ1v) is 11.8. The number of ether oxygens (including phenoxy) is 2. The van der Waals surface area contributed by atoms with Crippen LogP contribution in [0, 0.1) is 23.7 Å². The summed E-state index contributed by atoms with van der Waals surface area (Å²) in [5.74, 6) is 1.16. The maximum absolute atomic E-state index is 12.2. The Morgan fingerprint density at radius 3 is 2.67 bits per heavy atom. The van der Waals surface area contributed by atoms with Crippen LogP contribution in [0.25, 0.3) is 0 Å². The molecule has 2 N–H and O–H groups in total. The van der Waals surface area contributed by atoms with Gasteiger partial charge in [-0.05, 0) is 55.4 Å². The van der Waals surface area contributed by atoms with Gasteiger partial charge in [0.2, 0.25) is 0 Å². The minimum Gasteiger partial charge on any atom is -0.462 e. The molecule has 0 aromatic rings. The van der Waals surface area contributed by atoms with E-state index in [1.54, 1.807) is 0 Å². The van der Waals surface area contributed by atoms with E-state index in [4.69, 9.17) is 9.47 Å². The highest BCUT2D eigenvalue weighted by atomic mass is 16.6. The molecule has 1 unspecified atom stereocenters. The molecule has 0 radical (unpaired) electrons. The molecular weight excluding hydrogens is 380 g/mol. The van der Waals surface area contributed by atoms with Crippen molar-refractivity contribution in [2.24, 2.45) is 23.7 Å². The molecular formula is C25H42O5. The Hall–Kier alpha value is -1.17. The van der Waals surface area contributed by atoms with Gasteiger partial charge in [-0.3, -0.25) is 4.79 Å². The molecule has 2 rings (SSSR count). The van der Waals surface area contributed by atoms with E-state index in [0.29, 0.717) is 30.6 Å². The van der Waals surface area contributed by atoms with Crippen LogP contribution in [0.2, 0.25) is 0 Å². The van der Waals surface area contributed by atoms with Gasteiger partial charge < -0.3 is 19.7 Å². The maximum Gasteiger partial charge on any atom is 0.308 e. The first kappa shape index (κ1) is 25.1. The third kappa shape index (κ3) is 8.16. The molecule has 0 amide bonds. The molecule has 1 aliphatic carbocycles. The first-order chi connectivity index (χ1) is 14.2. The van der Waals surface area contributed by atoms with Crippen LogP contribution in [0.5, 0.6) is 0 Å². The molecule has 5 heteroatoms. The summed E-state index contributed by atoms with van der Waals surface area (Å²) in [6.07, 6.45) is 10.6. The lowest BCUT2D eigenvalue weighted by Gasteiger charge is -2.31. The topological polar surface area (TPSA) is 76.0 Å². The van der Waals surface area contributed by atoms with Crippen molar-refractivity contribution in [3.8, 4) is 0 Å². The van der Waals surface area contributed by atoms with Gasteiger partial charge >= 0.3 is 5.97 Å². The molecule has 172 valence electrons. The number of carbonyl (C=O) groups is 1. The molecule has 2 aliphatic rings. The van der Waals surface area contributed by atoms with E-state index >= 15 is 0 Å². The van der Waals surface area contributed by atoms with Gasteiger partial charge in [-0.25, -0.2) is 0 Å². The Morgan fingerprint density at radius 1 is 1.27 bits per heavy atom. The summed E-state index contributed by atoms with van der Waals surface area (Å²) in [5.41, 5.74) is 1.25. The third-order valence-corrected chi connectivity index (χ3v) is 6.71. The van der Waals surface area contributed by atoms with Gasteiger partial charge in [-0.1, -0.05) is 52.8 Å². The molecule has 0 spiro atoms. The van der Waals surface area contributed by atoms with Crippen LogP contribution in [-0.4, -0.2) is 40.8 Å². The standard InChI is InChI=1S/C25H42O5/c1-6-17(3)25(28)30-23-12-16(2)11-20(13-23)9-7-18(4)19(5)8-10-22-14-21(26)15-24(27)29-22/h7,9,11,16-19,21-24,26-27H,6,8,10,12-15H2,1-5H3/b9-7-/t16-,17-,18-,19-,21+,22+,23-,24?/m0/s1. The average molecular weight is 423 g/mol. The van der Waals surface area contributed by atoms with Crippen LogP contribution in [-0.2, 0) is 14.3 Å². The molecule has 0 aromatic carbocycles. The summed E-state index contributed by atoms with van der Waals surface area (Å²) in [7, 11) is 0. The Morgan fingerprint density at radius 2 is 2.00 bits per heavy atom. The smallest absolute Gasteiger partial charge is 0.308 e. The minimum atomic E-state index is -0.839. The Balaban J connectivity index is 1.82. The number of aliphatic hydroxyl groups excluding tert-OH is 2. The zero-order valence-corrected chi connectivity index (χ0v) is 19.4. The summed E-state index contributed by atoms with van der Waals surface area (Å²) in [6.45, 7) is 10.6. The normalized spacial score (nSPS) is 33.0. The molecule has 1 heterocycles. The highest BCUT2D eigenvalue weighted by Crippen LogP contribution is 2.29. The van der Waals surface area contributed by atoms with E-state index in [1.165, 1.54) is 5.57 Å². The van der Waals surface area contributed by atoms with Crippen molar-refractivity contribution >= 4 is 5.97 Å². The number of rotatable bonds is 9. The third-order valence-electron chi connectivity index (χ3n) is 6.71. The van der Waals surface area contributed by atoms with Gasteiger partial charge in [-0.2, -0.15) is 0 Å². The second-order valence-electron chi connectivity index (χ2n) is 9.64. The first-order valence-electron chi connectivity index (χ1n) is 11.8. The molecule has 30 heavy (non-hydrogen) atoms. The minimum absolute atomic E-state index is 0.0276. The Bertz CT molecular complexity index is 588. The summed E-state index contributed by atoms with van der Waals surface area (Å²) in [5, 5.41) is 19.5. The number of hydrogen-bond donors (Lipinski definition) is 2. The Labute approximate surface area is 182 Å². The van der Waals surface area contributed by atoms with Gasteiger partial charge in [0.15, 0.2) is 6.29 Å². The molecule has 8 atom stereocenters. The molecule has 0 saturated carbocycles. The predicted molar refractivity (Wildman–Crippen MR) is 119 cm³/mol. The van der Waals surface area contributed by atoms with Crippen LogP contribution in [0.1, 0.15) is 79.6 Å². The molecule has 0 aromatic heterocycles. The summed E-state index contributed by atoms with van der Waals surface area (Å²) in [6, 6.07) is 0. The van der Waals surface area contributed by atoms with Gasteiger partial charge in [0.25, 0.3) is 0 Å². The van der Waals surface area contributed by atoms with Crippen LogP contribution >= 0.6 is 0 Å². The lowest BCUT2D eigenvalue weighted by Crippen LogP contribution is -2.35. The van der Waals surface area contributed by atoms with Crippen molar-refractivity contribution in [1.29, 1.82) is 0 Å².